The number of rotatable bonds is 5. The van der Waals surface area contributed by atoms with E-state index in [4.69, 9.17) is 0 Å². The average molecular weight is 278 g/mol. The van der Waals surface area contributed by atoms with E-state index >= 15 is 0 Å². The van der Waals surface area contributed by atoms with Crippen molar-refractivity contribution in [2.24, 2.45) is 0 Å². The molecule has 2 N–H and O–H groups in total. The van der Waals surface area contributed by atoms with Crippen molar-refractivity contribution in [1.82, 2.24) is 10.6 Å². The van der Waals surface area contributed by atoms with Gasteiger partial charge in [0.05, 0.1) is 6.54 Å². The highest BCUT2D eigenvalue weighted by Gasteiger charge is 2.16. The Kier molecular flexibility index (Phi) is 5.53. The molecule has 3 nitrogen and oxygen atoms in total. The van der Waals surface area contributed by atoms with Gasteiger partial charge in [-0.25, -0.2) is 4.39 Å². The minimum atomic E-state index is -0.247. The Morgan fingerprint density at radius 2 is 2.10 bits per heavy atom. The van der Waals surface area contributed by atoms with Crippen LogP contribution >= 0.6 is 0 Å². The van der Waals surface area contributed by atoms with Crippen LogP contribution in [0.15, 0.2) is 24.3 Å². The summed E-state index contributed by atoms with van der Waals surface area (Å²) in [6.07, 6.45) is 5.87. The lowest BCUT2D eigenvalue weighted by molar-refractivity contribution is -0.121. The molecule has 0 saturated heterocycles. The number of carbonyl (C=O) groups is 1. The maximum absolute atomic E-state index is 13.1. The molecule has 4 heteroatoms. The Hall–Kier alpha value is -1.42. The smallest absolute Gasteiger partial charge is 0.234 e. The zero-order chi connectivity index (χ0) is 14.4. The van der Waals surface area contributed by atoms with Crippen LogP contribution in [0.2, 0.25) is 0 Å². The first-order valence-electron chi connectivity index (χ1n) is 7.43. The van der Waals surface area contributed by atoms with Crippen molar-refractivity contribution in [3.05, 3.63) is 35.6 Å². The quantitative estimate of drug-likeness (QED) is 0.869. The first-order chi connectivity index (χ1) is 9.65. The zero-order valence-corrected chi connectivity index (χ0v) is 12.0. The van der Waals surface area contributed by atoms with Crippen LogP contribution in [0.25, 0.3) is 0 Å². The molecular weight excluding hydrogens is 255 g/mol. The minimum Gasteiger partial charge on any atom is -0.352 e. The van der Waals surface area contributed by atoms with E-state index in [-0.39, 0.29) is 24.3 Å². The van der Waals surface area contributed by atoms with Crippen molar-refractivity contribution in [2.75, 3.05) is 6.54 Å². The lowest BCUT2D eigenvalue weighted by Crippen LogP contribution is -2.41. The van der Waals surface area contributed by atoms with E-state index in [2.05, 4.69) is 10.6 Å². The van der Waals surface area contributed by atoms with E-state index in [0.717, 1.165) is 18.4 Å². The molecule has 20 heavy (non-hydrogen) atoms. The minimum absolute atomic E-state index is 0.0279. The molecule has 0 spiro atoms. The molecule has 1 aliphatic carbocycles. The highest BCUT2D eigenvalue weighted by Crippen LogP contribution is 2.17. The number of benzene rings is 1. The van der Waals surface area contributed by atoms with Crippen LogP contribution in [0.3, 0.4) is 0 Å². The Morgan fingerprint density at radius 3 is 2.80 bits per heavy atom. The highest BCUT2D eigenvalue weighted by atomic mass is 19.1. The van der Waals surface area contributed by atoms with Gasteiger partial charge in [0.25, 0.3) is 0 Å². The number of halogens is 1. The third kappa shape index (κ3) is 4.60. The first-order valence-corrected chi connectivity index (χ1v) is 7.43. The molecule has 0 radical (unpaired) electrons. The number of hydrogen-bond donors (Lipinski definition) is 2. The summed E-state index contributed by atoms with van der Waals surface area (Å²) in [5, 5.41) is 6.20. The highest BCUT2D eigenvalue weighted by molar-refractivity contribution is 5.78. The summed E-state index contributed by atoms with van der Waals surface area (Å²) in [5.74, 6) is -0.219. The van der Waals surface area contributed by atoms with Crippen molar-refractivity contribution >= 4 is 5.91 Å². The third-order valence-electron chi connectivity index (χ3n) is 3.89. The summed E-state index contributed by atoms with van der Waals surface area (Å²) in [7, 11) is 0. The average Bonchev–Trinajstić information content (AvgIpc) is 2.46. The summed E-state index contributed by atoms with van der Waals surface area (Å²) in [6, 6.07) is 6.76. The molecule has 1 aromatic carbocycles. The third-order valence-corrected chi connectivity index (χ3v) is 3.89. The van der Waals surface area contributed by atoms with Crippen molar-refractivity contribution in [2.45, 2.75) is 51.1 Å². The summed E-state index contributed by atoms with van der Waals surface area (Å²) in [6.45, 7) is 2.21. The van der Waals surface area contributed by atoms with Gasteiger partial charge in [-0.2, -0.15) is 0 Å². The summed E-state index contributed by atoms with van der Waals surface area (Å²) >= 11 is 0. The summed E-state index contributed by atoms with van der Waals surface area (Å²) in [5.41, 5.74) is 0.857. The molecular formula is C16H23FN2O. The monoisotopic (exact) mass is 278 g/mol. The van der Waals surface area contributed by atoms with Crippen LogP contribution in [0.1, 0.15) is 50.6 Å². The number of amides is 1. The van der Waals surface area contributed by atoms with E-state index in [1.54, 1.807) is 6.07 Å². The van der Waals surface area contributed by atoms with Gasteiger partial charge in [0, 0.05) is 12.1 Å². The molecule has 0 bridgehead atoms. The van der Waals surface area contributed by atoms with E-state index in [9.17, 15) is 9.18 Å². The summed E-state index contributed by atoms with van der Waals surface area (Å²) in [4.78, 5) is 11.9. The van der Waals surface area contributed by atoms with E-state index in [0.29, 0.717) is 6.04 Å². The van der Waals surface area contributed by atoms with E-state index < -0.39 is 0 Å². The van der Waals surface area contributed by atoms with Gasteiger partial charge in [-0.1, -0.05) is 31.4 Å². The van der Waals surface area contributed by atoms with Crippen LogP contribution in [0.5, 0.6) is 0 Å². The molecule has 110 valence electrons. The largest absolute Gasteiger partial charge is 0.352 e. The molecule has 0 aliphatic heterocycles. The van der Waals surface area contributed by atoms with Gasteiger partial charge in [0.1, 0.15) is 5.82 Å². The maximum Gasteiger partial charge on any atom is 0.234 e. The number of hydrogen-bond acceptors (Lipinski definition) is 2. The van der Waals surface area contributed by atoms with Crippen LogP contribution in [0.4, 0.5) is 4.39 Å². The number of nitrogens with one attached hydrogen (secondary N) is 2. The van der Waals surface area contributed by atoms with Crippen molar-refractivity contribution in [3.8, 4) is 0 Å². The van der Waals surface area contributed by atoms with Crippen molar-refractivity contribution in [3.63, 3.8) is 0 Å². The van der Waals surface area contributed by atoms with Gasteiger partial charge in [0.2, 0.25) is 5.91 Å². The first kappa shape index (κ1) is 15.0. The van der Waals surface area contributed by atoms with Crippen molar-refractivity contribution in [1.29, 1.82) is 0 Å². The maximum atomic E-state index is 13.1. The molecule has 1 fully saturated rings. The van der Waals surface area contributed by atoms with Gasteiger partial charge in [-0.05, 0) is 37.5 Å². The second kappa shape index (κ2) is 7.39. The fourth-order valence-electron chi connectivity index (χ4n) is 2.67. The second-order valence-electron chi connectivity index (χ2n) is 5.56. The van der Waals surface area contributed by atoms with E-state index in [1.807, 2.05) is 13.0 Å². The SMILES string of the molecule is C[C@H](NCC(=O)NC1CCCCC1)c1cccc(F)c1. The van der Waals surface area contributed by atoms with Crippen molar-refractivity contribution < 1.29 is 9.18 Å². The standard InChI is InChI=1S/C16H23FN2O/c1-12(13-6-5-7-14(17)10-13)18-11-16(20)19-15-8-3-2-4-9-15/h5-7,10,12,15,18H,2-4,8-9,11H2,1H3,(H,19,20)/t12-/m0/s1. The lowest BCUT2D eigenvalue weighted by Gasteiger charge is -2.23. The Morgan fingerprint density at radius 1 is 1.35 bits per heavy atom. The number of carbonyl (C=O) groups excluding carboxylic acids is 1. The second-order valence-corrected chi connectivity index (χ2v) is 5.56. The zero-order valence-electron chi connectivity index (χ0n) is 12.0. The van der Waals surface area contributed by atoms with Gasteiger partial charge >= 0.3 is 0 Å². The molecule has 2 rings (SSSR count). The van der Waals surface area contributed by atoms with Gasteiger partial charge < -0.3 is 10.6 Å². The Bertz CT molecular complexity index is 444. The van der Waals surface area contributed by atoms with Gasteiger partial charge in [-0.3, -0.25) is 4.79 Å². The predicted octanol–water partition coefficient (Wildman–Crippen LogP) is 2.93. The molecule has 1 aromatic rings. The molecule has 0 unspecified atom stereocenters. The Labute approximate surface area is 120 Å². The van der Waals surface area contributed by atoms with Gasteiger partial charge in [0.15, 0.2) is 0 Å². The van der Waals surface area contributed by atoms with Crippen LogP contribution in [-0.2, 0) is 4.79 Å². The van der Waals surface area contributed by atoms with Crippen LogP contribution in [-0.4, -0.2) is 18.5 Å². The van der Waals surface area contributed by atoms with Crippen LogP contribution < -0.4 is 10.6 Å². The van der Waals surface area contributed by atoms with Crippen LogP contribution in [0, 0.1) is 5.82 Å². The molecule has 1 aliphatic rings. The predicted molar refractivity (Wildman–Crippen MR) is 77.8 cm³/mol. The Balaban J connectivity index is 1.75. The topological polar surface area (TPSA) is 41.1 Å². The molecule has 1 atom stereocenters. The normalized spacial score (nSPS) is 17.7. The molecule has 1 saturated carbocycles. The molecule has 1 amide bonds. The fraction of sp³-hybridized carbons (Fsp3) is 0.562. The summed E-state index contributed by atoms with van der Waals surface area (Å²) < 4.78 is 13.1. The molecule has 0 aromatic heterocycles. The van der Waals surface area contributed by atoms with E-state index in [1.165, 1.54) is 31.4 Å². The lowest BCUT2D eigenvalue weighted by atomic mass is 9.95. The molecule has 0 heterocycles. The van der Waals surface area contributed by atoms with Gasteiger partial charge in [-0.15, -0.1) is 0 Å². The fourth-order valence-corrected chi connectivity index (χ4v) is 2.67.